The highest BCUT2D eigenvalue weighted by molar-refractivity contribution is 6.31. The zero-order chi connectivity index (χ0) is 13.4. The zero-order valence-electron chi connectivity index (χ0n) is 10.6. The Morgan fingerprint density at radius 2 is 1.79 bits per heavy atom. The van der Waals surface area contributed by atoms with E-state index in [0.717, 1.165) is 21.8 Å². The van der Waals surface area contributed by atoms with Crippen LogP contribution >= 0.6 is 11.6 Å². The van der Waals surface area contributed by atoms with Gasteiger partial charge < -0.3 is 4.90 Å². The molecule has 0 aromatic heterocycles. The van der Waals surface area contributed by atoms with Gasteiger partial charge in [0, 0.05) is 17.8 Å². The van der Waals surface area contributed by atoms with Crippen molar-refractivity contribution >= 4 is 23.2 Å². The summed E-state index contributed by atoms with van der Waals surface area (Å²) in [5.41, 5.74) is 3.12. The van der Waals surface area contributed by atoms with Crippen molar-refractivity contribution in [1.82, 2.24) is 0 Å². The third kappa shape index (κ3) is 2.02. The van der Waals surface area contributed by atoms with Crippen LogP contribution in [0.4, 0.5) is 5.69 Å². The van der Waals surface area contributed by atoms with Crippen LogP contribution < -0.4 is 4.90 Å². The van der Waals surface area contributed by atoms with Gasteiger partial charge in [-0.2, -0.15) is 0 Å². The molecule has 1 atom stereocenters. The van der Waals surface area contributed by atoms with Crippen LogP contribution in [0.3, 0.4) is 0 Å². The van der Waals surface area contributed by atoms with E-state index < -0.39 is 0 Å². The molecule has 0 saturated heterocycles. The van der Waals surface area contributed by atoms with Crippen molar-refractivity contribution in [2.75, 3.05) is 11.9 Å². The molecule has 2 nitrogen and oxygen atoms in total. The molecule has 0 unspecified atom stereocenters. The molecule has 0 spiro atoms. The Kier molecular flexibility index (Phi) is 3.03. The maximum Gasteiger partial charge on any atom is 0.234 e. The third-order valence-corrected chi connectivity index (χ3v) is 4.05. The van der Waals surface area contributed by atoms with E-state index in [4.69, 9.17) is 11.6 Å². The van der Waals surface area contributed by atoms with Gasteiger partial charge in [-0.1, -0.05) is 48.0 Å². The molecule has 3 heteroatoms. The molecule has 1 heterocycles. The van der Waals surface area contributed by atoms with E-state index in [2.05, 4.69) is 0 Å². The van der Waals surface area contributed by atoms with Gasteiger partial charge in [-0.05, 0) is 29.7 Å². The number of halogens is 1. The Bertz CT molecular complexity index is 638. The van der Waals surface area contributed by atoms with Crippen molar-refractivity contribution in [3.63, 3.8) is 0 Å². The van der Waals surface area contributed by atoms with Crippen molar-refractivity contribution in [3.05, 3.63) is 64.7 Å². The number of nitrogens with zero attached hydrogens (tertiary/aromatic N) is 1. The minimum absolute atomic E-state index is 0.124. The quantitative estimate of drug-likeness (QED) is 0.817. The number of benzene rings is 2. The topological polar surface area (TPSA) is 20.3 Å². The first kappa shape index (κ1) is 12.2. The predicted octanol–water partition coefficient (Wildman–Crippen LogP) is 3.64. The molecule has 19 heavy (non-hydrogen) atoms. The highest BCUT2D eigenvalue weighted by atomic mass is 35.5. The standard InChI is InChI=1S/C16H14ClNO/c1-18-15-9-5-3-7-12(15)13(16(18)19)10-11-6-2-4-8-14(11)17/h2-9,13H,10H2,1H3/t13-/m0/s1. The van der Waals surface area contributed by atoms with E-state index in [1.54, 1.807) is 4.90 Å². The number of likely N-dealkylation sites (N-methyl/N-ethyl adjacent to an activating group) is 1. The van der Waals surface area contributed by atoms with Gasteiger partial charge in [-0.15, -0.1) is 0 Å². The predicted molar refractivity (Wildman–Crippen MR) is 77.7 cm³/mol. The van der Waals surface area contributed by atoms with E-state index in [9.17, 15) is 4.79 Å². The van der Waals surface area contributed by atoms with Crippen molar-refractivity contribution in [1.29, 1.82) is 0 Å². The summed E-state index contributed by atoms with van der Waals surface area (Å²) in [4.78, 5) is 14.1. The minimum Gasteiger partial charge on any atom is -0.315 e. The number of anilines is 1. The van der Waals surface area contributed by atoms with Crippen molar-refractivity contribution in [2.45, 2.75) is 12.3 Å². The lowest BCUT2D eigenvalue weighted by Gasteiger charge is -2.12. The largest absolute Gasteiger partial charge is 0.315 e. The van der Waals surface area contributed by atoms with Crippen molar-refractivity contribution in [3.8, 4) is 0 Å². The molecule has 0 radical (unpaired) electrons. The fourth-order valence-corrected chi connectivity index (χ4v) is 2.87. The van der Waals surface area contributed by atoms with E-state index in [-0.39, 0.29) is 11.8 Å². The van der Waals surface area contributed by atoms with Gasteiger partial charge in [0.25, 0.3) is 0 Å². The highest BCUT2D eigenvalue weighted by Gasteiger charge is 2.34. The van der Waals surface area contributed by atoms with Crippen LogP contribution in [-0.2, 0) is 11.2 Å². The Morgan fingerprint density at radius 3 is 2.58 bits per heavy atom. The normalized spacial score (nSPS) is 17.7. The average molecular weight is 272 g/mol. The summed E-state index contributed by atoms with van der Waals surface area (Å²) in [7, 11) is 1.83. The minimum atomic E-state index is -0.124. The molecule has 0 saturated carbocycles. The SMILES string of the molecule is CN1C(=O)[C@@H](Cc2ccccc2Cl)c2ccccc21. The van der Waals surface area contributed by atoms with Crippen molar-refractivity contribution in [2.24, 2.45) is 0 Å². The molecule has 1 amide bonds. The van der Waals surface area contributed by atoms with Crippen LogP contribution in [0.2, 0.25) is 5.02 Å². The van der Waals surface area contributed by atoms with Gasteiger partial charge in [-0.3, -0.25) is 4.79 Å². The van der Waals surface area contributed by atoms with Crippen LogP contribution in [0.15, 0.2) is 48.5 Å². The molecule has 96 valence electrons. The second kappa shape index (κ2) is 4.71. The first-order valence-electron chi connectivity index (χ1n) is 6.28. The lowest BCUT2D eigenvalue weighted by Crippen LogP contribution is -2.24. The summed E-state index contributed by atoms with van der Waals surface area (Å²) in [5.74, 6) is 0.0159. The number of hydrogen-bond acceptors (Lipinski definition) is 1. The van der Waals surface area contributed by atoms with Gasteiger partial charge in [-0.25, -0.2) is 0 Å². The fourth-order valence-electron chi connectivity index (χ4n) is 2.65. The van der Waals surface area contributed by atoms with Crippen LogP contribution in [0.1, 0.15) is 17.0 Å². The molecule has 1 aliphatic rings. The monoisotopic (exact) mass is 271 g/mol. The van der Waals surface area contributed by atoms with Gasteiger partial charge in [0.2, 0.25) is 5.91 Å². The smallest absolute Gasteiger partial charge is 0.234 e. The number of rotatable bonds is 2. The van der Waals surface area contributed by atoms with Crippen LogP contribution in [-0.4, -0.2) is 13.0 Å². The molecule has 1 aliphatic heterocycles. The molecular formula is C16H14ClNO. The Balaban J connectivity index is 1.98. The second-order valence-electron chi connectivity index (χ2n) is 4.80. The molecule has 0 fully saturated rings. The highest BCUT2D eigenvalue weighted by Crippen LogP contribution is 2.38. The maximum absolute atomic E-state index is 12.4. The maximum atomic E-state index is 12.4. The molecule has 0 bridgehead atoms. The zero-order valence-corrected chi connectivity index (χ0v) is 11.4. The Labute approximate surface area is 117 Å². The van der Waals surface area contributed by atoms with E-state index >= 15 is 0 Å². The van der Waals surface area contributed by atoms with Gasteiger partial charge >= 0.3 is 0 Å². The van der Waals surface area contributed by atoms with Gasteiger partial charge in [0.05, 0.1) is 5.92 Å². The number of para-hydroxylation sites is 1. The fraction of sp³-hybridized carbons (Fsp3) is 0.188. The van der Waals surface area contributed by atoms with E-state index in [1.807, 2.05) is 55.6 Å². The summed E-state index contributed by atoms with van der Waals surface area (Å²) >= 11 is 6.19. The summed E-state index contributed by atoms with van der Waals surface area (Å²) in [6.07, 6.45) is 0.653. The second-order valence-corrected chi connectivity index (χ2v) is 5.21. The summed E-state index contributed by atoms with van der Waals surface area (Å²) < 4.78 is 0. The Hall–Kier alpha value is -1.80. The lowest BCUT2D eigenvalue weighted by atomic mass is 9.93. The van der Waals surface area contributed by atoms with Crippen LogP contribution in [0.5, 0.6) is 0 Å². The number of carbonyl (C=O) groups excluding carboxylic acids is 1. The Morgan fingerprint density at radius 1 is 1.11 bits per heavy atom. The van der Waals surface area contributed by atoms with E-state index in [1.165, 1.54) is 0 Å². The molecule has 2 aromatic carbocycles. The van der Waals surface area contributed by atoms with E-state index in [0.29, 0.717) is 6.42 Å². The number of fused-ring (bicyclic) bond motifs is 1. The third-order valence-electron chi connectivity index (χ3n) is 3.68. The van der Waals surface area contributed by atoms with Gasteiger partial charge in [0.1, 0.15) is 0 Å². The molecule has 3 rings (SSSR count). The number of carbonyl (C=O) groups is 1. The van der Waals surface area contributed by atoms with Crippen LogP contribution in [0, 0.1) is 0 Å². The summed E-state index contributed by atoms with van der Waals surface area (Å²) in [5, 5.41) is 0.724. The molecular weight excluding hydrogens is 258 g/mol. The molecule has 0 N–H and O–H groups in total. The number of amides is 1. The van der Waals surface area contributed by atoms with Crippen LogP contribution in [0.25, 0.3) is 0 Å². The van der Waals surface area contributed by atoms with Gasteiger partial charge in [0.15, 0.2) is 0 Å². The first-order chi connectivity index (χ1) is 9.18. The first-order valence-corrected chi connectivity index (χ1v) is 6.66. The molecule has 0 aliphatic carbocycles. The lowest BCUT2D eigenvalue weighted by molar-refractivity contribution is -0.119. The number of hydrogen-bond donors (Lipinski definition) is 0. The summed E-state index contributed by atoms with van der Waals surface area (Å²) in [6, 6.07) is 15.7. The summed E-state index contributed by atoms with van der Waals surface area (Å²) in [6.45, 7) is 0. The van der Waals surface area contributed by atoms with Crippen molar-refractivity contribution < 1.29 is 4.79 Å². The average Bonchev–Trinajstić information content (AvgIpc) is 2.67. The molecule has 2 aromatic rings.